The zero-order valence-electron chi connectivity index (χ0n) is 14.2. The summed E-state index contributed by atoms with van der Waals surface area (Å²) in [6.45, 7) is 3.68. The van der Waals surface area contributed by atoms with Gasteiger partial charge in [-0.05, 0) is 36.8 Å². The normalized spacial score (nSPS) is 10.4. The number of amides is 1. The van der Waals surface area contributed by atoms with Crippen LogP contribution >= 0.6 is 0 Å². The van der Waals surface area contributed by atoms with Gasteiger partial charge in [-0.2, -0.15) is 5.10 Å². The van der Waals surface area contributed by atoms with E-state index in [4.69, 9.17) is 0 Å². The van der Waals surface area contributed by atoms with Crippen LogP contribution in [0.2, 0.25) is 0 Å². The van der Waals surface area contributed by atoms with Crippen LogP contribution in [-0.2, 0) is 17.9 Å². The molecule has 0 aliphatic rings. The predicted molar refractivity (Wildman–Crippen MR) is 97.4 cm³/mol. The maximum absolute atomic E-state index is 11.9. The van der Waals surface area contributed by atoms with E-state index in [2.05, 4.69) is 51.5 Å². The van der Waals surface area contributed by atoms with Gasteiger partial charge in [0, 0.05) is 24.5 Å². The summed E-state index contributed by atoms with van der Waals surface area (Å²) >= 11 is 0. The van der Waals surface area contributed by atoms with E-state index >= 15 is 0 Å². The van der Waals surface area contributed by atoms with Gasteiger partial charge >= 0.3 is 0 Å². The first-order valence-corrected chi connectivity index (χ1v) is 8.27. The summed E-state index contributed by atoms with van der Waals surface area (Å²) in [5, 5.41) is 6.81. The van der Waals surface area contributed by atoms with Gasteiger partial charge in [-0.3, -0.25) is 4.79 Å². The minimum absolute atomic E-state index is 0.0888. The molecule has 6 nitrogen and oxygen atoms in total. The summed E-state index contributed by atoms with van der Waals surface area (Å²) in [4.78, 5) is 17.9. The van der Waals surface area contributed by atoms with Crippen LogP contribution in [0.5, 0.6) is 0 Å². The number of rotatable bonds is 7. The van der Waals surface area contributed by atoms with Crippen molar-refractivity contribution in [2.75, 3.05) is 11.4 Å². The van der Waals surface area contributed by atoms with Crippen LogP contribution in [-0.4, -0.2) is 27.2 Å². The number of carbonyl (C=O) groups is 1. The van der Waals surface area contributed by atoms with E-state index in [1.165, 1.54) is 23.0 Å². The Morgan fingerprint density at radius 2 is 1.80 bits per heavy atom. The molecule has 1 aromatic heterocycles. The van der Waals surface area contributed by atoms with Gasteiger partial charge in [0.1, 0.15) is 19.2 Å². The Kier molecular flexibility index (Phi) is 5.41. The quantitative estimate of drug-likeness (QED) is 0.721. The van der Waals surface area contributed by atoms with Gasteiger partial charge in [-0.25, -0.2) is 9.67 Å². The van der Waals surface area contributed by atoms with Crippen molar-refractivity contribution in [2.45, 2.75) is 20.0 Å². The fourth-order valence-corrected chi connectivity index (χ4v) is 2.63. The molecule has 3 rings (SSSR count). The van der Waals surface area contributed by atoms with Gasteiger partial charge in [0.05, 0.1) is 0 Å². The monoisotopic (exact) mass is 335 g/mol. The molecule has 0 radical (unpaired) electrons. The third-order valence-corrected chi connectivity index (χ3v) is 3.89. The highest BCUT2D eigenvalue weighted by molar-refractivity contribution is 5.75. The maximum atomic E-state index is 11.9. The highest BCUT2D eigenvalue weighted by atomic mass is 16.2. The lowest BCUT2D eigenvalue weighted by Crippen LogP contribution is -2.27. The number of benzene rings is 2. The van der Waals surface area contributed by atoms with Crippen LogP contribution in [0.3, 0.4) is 0 Å². The van der Waals surface area contributed by atoms with Gasteiger partial charge in [0.2, 0.25) is 5.91 Å². The van der Waals surface area contributed by atoms with Crippen LogP contribution < -0.4 is 10.2 Å². The summed E-state index contributed by atoms with van der Waals surface area (Å²) in [6.07, 6.45) is 2.94. The molecule has 6 heteroatoms. The van der Waals surface area contributed by atoms with E-state index in [9.17, 15) is 4.79 Å². The third kappa shape index (κ3) is 4.44. The Balaban J connectivity index is 1.59. The number of carbonyl (C=O) groups excluding carboxylic acids is 1. The number of nitrogens with one attached hydrogen (secondary N) is 1. The van der Waals surface area contributed by atoms with Crippen molar-refractivity contribution in [3.63, 3.8) is 0 Å². The molecule has 0 spiro atoms. The van der Waals surface area contributed by atoms with E-state index in [-0.39, 0.29) is 12.5 Å². The number of aromatic nitrogens is 3. The van der Waals surface area contributed by atoms with Crippen molar-refractivity contribution in [3.8, 4) is 0 Å². The summed E-state index contributed by atoms with van der Waals surface area (Å²) in [5.41, 5.74) is 3.35. The number of nitrogens with zero attached hydrogens (tertiary/aromatic N) is 4. The SMILES string of the molecule is CCN(c1ccccc1)c1ccc(CNC(=O)Cn2cncn2)cc1. The summed E-state index contributed by atoms with van der Waals surface area (Å²) in [7, 11) is 0. The molecule has 0 fully saturated rings. The molecule has 128 valence electrons. The Labute approximate surface area is 147 Å². The number of hydrogen-bond donors (Lipinski definition) is 1. The minimum atomic E-state index is -0.0888. The molecular formula is C19H21N5O. The van der Waals surface area contributed by atoms with Crippen molar-refractivity contribution in [1.29, 1.82) is 0 Å². The molecule has 0 aliphatic heterocycles. The maximum Gasteiger partial charge on any atom is 0.242 e. The topological polar surface area (TPSA) is 63.1 Å². The van der Waals surface area contributed by atoms with Crippen LogP contribution in [0.4, 0.5) is 11.4 Å². The first-order valence-electron chi connectivity index (χ1n) is 8.27. The second-order valence-corrected chi connectivity index (χ2v) is 5.62. The lowest BCUT2D eigenvalue weighted by molar-refractivity contribution is -0.122. The second kappa shape index (κ2) is 8.10. The molecule has 1 N–H and O–H groups in total. The Morgan fingerprint density at radius 3 is 2.44 bits per heavy atom. The van der Waals surface area contributed by atoms with Gasteiger partial charge in [0.25, 0.3) is 0 Å². The van der Waals surface area contributed by atoms with Crippen molar-refractivity contribution in [3.05, 3.63) is 72.8 Å². The molecule has 0 unspecified atom stereocenters. The van der Waals surface area contributed by atoms with Crippen molar-refractivity contribution < 1.29 is 4.79 Å². The Bertz CT molecular complexity index is 784. The van der Waals surface area contributed by atoms with Crippen LogP contribution in [0, 0.1) is 0 Å². The molecule has 1 heterocycles. The molecule has 3 aromatic rings. The van der Waals surface area contributed by atoms with Gasteiger partial charge in [-0.15, -0.1) is 0 Å². The van der Waals surface area contributed by atoms with E-state index in [0.717, 1.165) is 17.8 Å². The molecule has 0 saturated heterocycles. The van der Waals surface area contributed by atoms with E-state index in [1.54, 1.807) is 0 Å². The minimum Gasteiger partial charge on any atom is -0.350 e. The number of hydrogen-bond acceptors (Lipinski definition) is 4. The molecule has 0 atom stereocenters. The van der Waals surface area contributed by atoms with Crippen molar-refractivity contribution in [2.24, 2.45) is 0 Å². The first-order chi connectivity index (χ1) is 12.3. The smallest absolute Gasteiger partial charge is 0.242 e. The van der Waals surface area contributed by atoms with Crippen LogP contribution in [0.1, 0.15) is 12.5 Å². The average Bonchev–Trinajstić information content (AvgIpc) is 3.15. The summed E-state index contributed by atoms with van der Waals surface area (Å²) in [5.74, 6) is -0.0888. The van der Waals surface area contributed by atoms with Crippen LogP contribution in [0.25, 0.3) is 0 Å². The number of anilines is 2. The first kappa shape index (κ1) is 16.7. The lowest BCUT2D eigenvalue weighted by Gasteiger charge is -2.23. The fraction of sp³-hybridized carbons (Fsp3) is 0.211. The average molecular weight is 335 g/mol. The fourth-order valence-electron chi connectivity index (χ4n) is 2.63. The lowest BCUT2D eigenvalue weighted by atomic mass is 10.1. The molecule has 0 saturated carbocycles. The molecule has 1 amide bonds. The molecule has 25 heavy (non-hydrogen) atoms. The molecule has 2 aromatic carbocycles. The van der Waals surface area contributed by atoms with Gasteiger partial charge in [-0.1, -0.05) is 30.3 Å². The zero-order valence-corrected chi connectivity index (χ0v) is 14.2. The van der Waals surface area contributed by atoms with E-state index < -0.39 is 0 Å². The van der Waals surface area contributed by atoms with Crippen LogP contribution in [0.15, 0.2) is 67.3 Å². The van der Waals surface area contributed by atoms with Crippen molar-refractivity contribution in [1.82, 2.24) is 20.1 Å². The third-order valence-electron chi connectivity index (χ3n) is 3.89. The molecule has 0 aliphatic carbocycles. The zero-order chi connectivity index (χ0) is 17.5. The predicted octanol–water partition coefficient (Wildman–Crippen LogP) is 2.75. The highest BCUT2D eigenvalue weighted by Crippen LogP contribution is 2.24. The van der Waals surface area contributed by atoms with Gasteiger partial charge in [0.15, 0.2) is 0 Å². The summed E-state index contributed by atoms with van der Waals surface area (Å²) in [6, 6.07) is 18.5. The Hall–Kier alpha value is -3.15. The molecule has 0 bridgehead atoms. The highest BCUT2D eigenvalue weighted by Gasteiger charge is 2.07. The largest absolute Gasteiger partial charge is 0.350 e. The van der Waals surface area contributed by atoms with E-state index in [1.807, 2.05) is 30.3 Å². The molecular weight excluding hydrogens is 314 g/mol. The van der Waals surface area contributed by atoms with E-state index in [0.29, 0.717) is 6.54 Å². The Morgan fingerprint density at radius 1 is 1.08 bits per heavy atom. The van der Waals surface area contributed by atoms with Gasteiger partial charge < -0.3 is 10.2 Å². The van der Waals surface area contributed by atoms with Crippen molar-refractivity contribution >= 4 is 17.3 Å². The summed E-state index contributed by atoms with van der Waals surface area (Å²) < 4.78 is 1.50. The number of para-hydroxylation sites is 1. The standard InChI is InChI=1S/C19H21N5O/c1-2-24(17-6-4-3-5-7-17)18-10-8-16(9-11-18)12-21-19(25)13-23-15-20-14-22-23/h3-11,14-15H,2,12-13H2,1H3,(H,21,25). The second-order valence-electron chi connectivity index (χ2n) is 5.62.